The summed E-state index contributed by atoms with van der Waals surface area (Å²) in [5.41, 5.74) is 5.96. The Morgan fingerprint density at radius 2 is 1.94 bits per heavy atom. The summed E-state index contributed by atoms with van der Waals surface area (Å²) < 4.78 is 0. The number of likely N-dealkylation sites (tertiary alicyclic amines) is 1. The smallest absolute Gasteiger partial charge is 0.0788 e. The van der Waals surface area contributed by atoms with Gasteiger partial charge in [-0.25, -0.2) is 0 Å². The minimum Gasteiger partial charge on any atom is -0.393 e. The van der Waals surface area contributed by atoms with Crippen molar-refractivity contribution in [1.82, 2.24) is 4.90 Å². The van der Waals surface area contributed by atoms with Crippen molar-refractivity contribution >= 4 is 17.2 Å². The molecule has 106 valence electrons. The molecule has 0 aliphatic carbocycles. The van der Waals surface area contributed by atoms with Gasteiger partial charge in [0, 0.05) is 12.0 Å². The lowest BCUT2D eigenvalue weighted by Crippen LogP contribution is -2.45. The molecule has 1 saturated heterocycles. The van der Waals surface area contributed by atoms with E-state index in [0.29, 0.717) is 4.99 Å². The number of thiocarbonyl (C=S) groups is 1. The third-order valence-electron chi connectivity index (χ3n) is 4.61. The van der Waals surface area contributed by atoms with E-state index in [1.165, 1.54) is 32.2 Å². The van der Waals surface area contributed by atoms with Crippen LogP contribution < -0.4 is 5.73 Å². The number of hydrogen-bond acceptors (Lipinski definition) is 2. The molecule has 1 fully saturated rings. The highest BCUT2D eigenvalue weighted by molar-refractivity contribution is 7.80. The zero-order valence-electron chi connectivity index (χ0n) is 12.4. The first-order chi connectivity index (χ1) is 8.51. The van der Waals surface area contributed by atoms with Crippen molar-refractivity contribution in [2.75, 3.05) is 19.6 Å². The van der Waals surface area contributed by atoms with E-state index in [2.05, 4.69) is 25.7 Å². The maximum Gasteiger partial charge on any atom is 0.0788 e. The van der Waals surface area contributed by atoms with E-state index in [1.807, 2.05) is 0 Å². The second-order valence-electron chi connectivity index (χ2n) is 6.14. The monoisotopic (exact) mass is 270 g/mol. The van der Waals surface area contributed by atoms with Crippen LogP contribution in [-0.4, -0.2) is 29.5 Å². The Morgan fingerprint density at radius 3 is 2.39 bits per heavy atom. The van der Waals surface area contributed by atoms with E-state index in [0.717, 1.165) is 31.8 Å². The van der Waals surface area contributed by atoms with E-state index < -0.39 is 0 Å². The van der Waals surface area contributed by atoms with Crippen LogP contribution >= 0.6 is 12.2 Å². The second-order valence-corrected chi connectivity index (χ2v) is 6.58. The standard InChI is InChI=1S/C15H30N2S/c1-4-6-7-13(5-2)12-17-10-8-15(3,9-11-17)14(16)18/h13H,4-12H2,1-3H3,(H2,16,18). The third-order valence-corrected chi connectivity index (χ3v) is 5.11. The average Bonchev–Trinajstić information content (AvgIpc) is 2.36. The fourth-order valence-corrected chi connectivity index (χ4v) is 2.96. The number of rotatable bonds is 7. The predicted molar refractivity (Wildman–Crippen MR) is 83.9 cm³/mol. The molecule has 1 rings (SSSR count). The molecule has 0 aromatic rings. The van der Waals surface area contributed by atoms with Crippen LogP contribution in [-0.2, 0) is 0 Å². The van der Waals surface area contributed by atoms with Gasteiger partial charge in [-0.05, 0) is 38.3 Å². The Bertz CT molecular complexity index is 257. The quantitative estimate of drug-likeness (QED) is 0.717. The Balaban J connectivity index is 2.36. The van der Waals surface area contributed by atoms with Crippen LogP contribution in [0.2, 0.25) is 0 Å². The Morgan fingerprint density at radius 1 is 1.33 bits per heavy atom. The number of unbranched alkanes of at least 4 members (excludes halogenated alkanes) is 1. The largest absolute Gasteiger partial charge is 0.393 e. The SMILES string of the molecule is CCCCC(CC)CN1CCC(C)(C(N)=S)CC1. The maximum absolute atomic E-state index is 5.85. The van der Waals surface area contributed by atoms with Crippen LogP contribution in [0.5, 0.6) is 0 Å². The summed E-state index contributed by atoms with van der Waals surface area (Å²) in [6.45, 7) is 10.4. The summed E-state index contributed by atoms with van der Waals surface area (Å²) in [5, 5.41) is 0. The molecule has 1 aliphatic rings. The molecular weight excluding hydrogens is 240 g/mol. The summed E-state index contributed by atoms with van der Waals surface area (Å²) in [6.07, 6.45) is 7.64. The van der Waals surface area contributed by atoms with Crippen molar-refractivity contribution < 1.29 is 0 Å². The van der Waals surface area contributed by atoms with Crippen LogP contribution in [0, 0.1) is 11.3 Å². The maximum atomic E-state index is 5.85. The molecule has 0 radical (unpaired) electrons. The van der Waals surface area contributed by atoms with E-state index in [1.54, 1.807) is 0 Å². The lowest BCUT2D eigenvalue weighted by atomic mass is 9.80. The molecule has 3 heteroatoms. The first-order valence-electron chi connectivity index (χ1n) is 7.54. The third kappa shape index (κ3) is 4.51. The van der Waals surface area contributed by atoms with Crippen LogP contribution in [0.25, 0.3) is 0 Å². The highest BCUT2D eigenvalue weighted by atomic mass is 32.1. The van der Waals surface area contributed by atoms with Crippen molar-refractivity contribution in [3.05, 3.63) is 0 Å². The van der Waals surface area contributed by atoms with Gasteiger partial charge in [-0.2, -0.15) is 0 Å². The van der Waals surface area contributed by atoms with E-state index in [4.69, 9.17) is 18.0 Å². The fourth-order valence-electron chi connectivity index (χ4n) is 2.76. The molecule has 0 bridgehead atoms. The van der Waals surface area contributed by atoms with E-state index in [9.17, 15) is 0 Å². The molecule has 1 aliphatic heterocycles. The number of nitrogens with two attached hydrogens (primary N) is 1. The number of hydrogen-bond donors (Lipinski definition) is 1. The number of nitrogens with zero attached hydrogens (tertiary/aromatic N) is 1. The van der Waals surface area contributed by atoms with Crippen LogP contribution in [0.4, 0.5) is 0 Å². The van der Waals surface area contributed by atoms with Gasteiger partial charge in [-0.1, -0.05) is 52.3 Å². The molecule has 0 aromatic heterocycles. The van der Waals surface area contributed by atoms with Gasteiger partial charge >= 0.3 is 0 Å². The molecule has 2 nitrogen and oxygen atoms in total. The molecule has 1 heterocycles. The summed E-state index contributed by atoms with van der Waals surface area (Å²) in [6, 6.07) is 0. The van der Waals surface area contributed by atoms with E-state index >= 15 is 0 Å². The summed E-state index contributed by atoms with van der Waals surface area (Å²) in [5.74, 6) is 0.874. The molecular formula is C15H30N2S. The second kappa shape index (κ2) is 7.44. The Hall–Kier alpha value is -0.150. The summed E-state index contributed by atoms with van der Waals surface area (Å²) in [4.78, 5) is 3.32. The molecule has 1 unspecified atom stereocenters. The molecule has 0 spiro atoms. The minimum absolute atomic E-state index is 0.108. The highest BCUT2D eigenvalue weighted by Gasteiger charge is 2.32. The van der Waals surface area contributed by atoms with Crippen LogP contribution in [0.3, 0.4) is 0 Å². The highest BCUT2D eigenvalue weighted by Crippen LogP contribution is 2.31. The van der Waals surface area contributed by atoms with Crippen molar-refractivity contribution in [2.24, 2.45) is 17.1 Å². The molecule has 2 N–H and O–H groups in total. The van der Waals surface area contributed by atoms with Gasteiger partial charge in [-0.15, -0.1) is 0 Å². The summed E-state index contributed by atoms with van der Waals surface area (Å²) >= 11 is 5.19. The topological polar surface area (TPSA) is 29.3 Å². The molecule has 1 atom stereocenters. The lowest BCUT2D eigenvalue weighted by molar-refractivity contribution is 0.139. The minimum atomic E-state index is 0.108. The van der Waals surface area contributed by atoms with Gasteiger partial charge < -0.3 is 10.6 Å². The first-order valence-corrected chi connectivity index (χ1v) is 7.95. The molecule has 0 saturated carbocycles. The molecule has 0 aromatic carbocycles. The lowest BCUT2D eigenvalue weighted by Gasteiger charge is -2.39. The Labute approximate surface area is 118 Å². The summed E-state index contributed by atoms with van der Waals surface area (Å²) in [7, 11) is 0. The zero-order chi connectivity index (χ0) is 13.6. The van der Waals surface area contributed by atoms with Gasteiger partial charge in [0.1, 0.15) is 0 Å². The van der Waals surface area contributed by atoms with Gasteiger partial charge in [0.05, 0.1) is 4.99 Å². The van der Waals surface area contributed by atoms with Crippen molar-refractivity contribution in [1.29, 1.82) is 0 Å². The predicted octanol–water partition coefficient (Wildman–Crippen LogP) is 3.59. The van der Waals surface area contributed by atoms with Crippen LogP contribution in [0.1, 0.15) is 59.3 Å². The fraction of sp³-hybridized carbons (Fsp3) is 0.933. The van der Waals surface area contributed by atoms with Crippen molar-refractivity contribution in [2.45, 2.75) is 59.3 Å². The Kier molecular flexibility index (Phi) is 6.58. The average molecular weight is 270 g/mol. The molecule has 0 amide bonds. The number of piperidine rings is 1. The zero-order valence-corrected chi connectivity index (χ0v) is 13.2. The van der Waals surface area contributed by atoms with Gasteiger partial charge in [0.15, 0.2) is 0 Å². The first kappa shape index (κ1) is 15.9. The molecule has 18 heavy (non-hydrogen) atoms. The normalized spacial score (nSPS) is 21.7. The van der Waals surface area contributed by atoms with E-state index in [-0.39, 0.29) is 5.41 Å². The van der Waals surface area contributed by atoms with Crippen molar-refractivity contribution in [3.8, 4) is 0 Å². The van der Waals surface area contributed by atoms with Crippen molar-refractivity contribution in [3.63, 3.8) is 0 Å². The van der Waals surface area contributed by atoms with Crippen LogP contribution in [0.15, 0.2) is 0 Å². The van der Waals surface area contributed by atoms with Gasteiger partial charge in [-0.3, -0.25) is 0 Å². The van der Waals surface area contributed by atoms with Gasteiger partial charge in [0.25, 0.3) is 0 Å². The van der Waals surface area contributed by atoms with Gasteiger partial charge in [0.2, 0.25) is 0 Å².